The third-order valence-electron chi connectivity index (χ3n) is 3.84. The van der Waals surface area contributed by atoms with E-state index in [4.69, 9.17) is 5.73 Å². The van der Waals surface area contributed by atoms with Gasteiger partial charge in [0, 0.05) is 18.3 Å². The second-order valence-corrected chi connectivity index (χ2v) is 10.8. The lowest BCUT2D eigenvalue weighted by Gasteiger charge is -2.31. The summed E-state index contributed by atoms with van der Waals surface area (Å²) < 4.78 is 52.3. The Labute approximate surface area is 145 Å². The van der Waals surface area contributed by atoms with Crippen LogP contribution in [0.15, 0.2) is 21.9 Å². The summed E-state index contributed by atoms with van der Waals surface area (Å²) in [6.45, 7) is 9.06. The minimum absolute atomic E-state index is 0.0219. The number of benzene rings is 1. The summed E-state index contributed by atoms with van der Waals surface area (Å²) >= 11 is 0. The van der Waals surface area contributed by atoms with Gasteiger partial charge in [-0.2, -0.15) is 0 Å². The van der Waals surface area contributed by atoms with Crippen LogP contribution >= 0.6 is 0 Å². The molecule has 138 valence electrons. The number of sulfonamides is 1. The molecule has 3 N–H and O–H groups in total. The van der Waals surface area contributed by atoms with Gasteiger partial charge in [-0.1, -0.05) is 13.8 Å². The van der Waals surface area contributed by atoms with Gasteiger partial charge in [0.2, 0.25) is 10.0 Å². The fourth-order valence-corrected chi connectivity index (χ4v) is 5.81. The maximum Gasteiger partial charge on any atom is 0.241 e. The third-order valence-corrected chi connectivity index (χ3v) is 6.82. The molecular weight excluding hydrogens is 348 g/mol. The lowest BCUT2D eigenvalue weighted by molar-refractivity contribution is 0.344. The van der Waals surface area contributed by atoms with Crippen molar-refractivity contribution in [2.24, 2.45) is 11.7 Å². The van der Waals surface area contributed by atoms with Crippen LogP contribution in [-0.4, -0.2) is 35.2 Å². The summed E-state index contributed by atoms with van der Waals surface area (Å²) in [5.41, 5.74) is 5.78. The Bertz CT molecular complexity index is 815. The molecule has 0 saturated heterocycles. The van der Waals surface area contributed by atoms with Crippen LogP contribution in [0.4, 0.5) is 0 Å². The van der Waals surface area contributed by atoms with E-state index < -0.39 is 25.4 Å². The maximum atomic E-state index is 12.9. The second kappa shape index (κ2) is 7.11. The van der Waals surface area contributed by atoms with E-state index in [1.54, 1.807) is 13.8 Å². The van der Waals surface area contributed by atoms with Gasteiger partial charge in [0.1, 0.15) is 0 Å². The van der Waals surface area contributed by atoms with E-state index in [1.165, 1.54) is 19.1 Å². The van der Waals surface area contributed by atoms with Crippen LogP contribution in [0.2, 0.25) is 0 Å². The molecule has 1 aromatic carbocycles. The van der Waals surface area contributed by atoms with Crippen molar-refractivity contribution in [2.45, 2.75) is 56.4 Å². The standard InChI is InChI=1S/C16H28N2O4S2/c1-11(2)9-16(5,10-17)18-24(21,22)15-8-12(3)7-14(13(15)4)23(6,19)20/h7-8,11,18H,9-10,17H2,1-6H3. The Hall–Kier alpha value is -0.960. The Balaban J connectivity index is 3.47. The van der Waals surface area contributed by atoms with Crippen molar-refractivity contribution in [1.29, 1.82) is 0 Å². The summed E-state index contributed by atoms with van der Waals surface area (Å²) in [6, 6.07) is 2.97. The fraction of sp³-hybridized carbons (Fsp3) is 0.625. The number of hydrogen-bond acceptors (Lipinski definition) is 5. The molecule has 0 aliphatic rings. The minimum Gasteiger partial charge on any atom is -0.329 e. The predicted octanol–water partition coefficient (Wildman–Crippen LogP) is 1.75. The Morgan fingerprint density at radius 3 is 2.04 bits per heavy atom. The van der Waals surface area contributed by atoms with Crippen LogP contribution in [-0.2, 0) is 19.9 Å². The molecule has 6 nitrogen and oxygen atoms in total. The van der Waals surface area contributed by atoms with Gasteiger partial charge in [0.05, 0.1) is 9.79 Å². The van der Waals surface area contributed by atoms with Crippen molar-refractivity contribution in [2.75, 3.05) is 12.8 Å². The molecule has 0 heterocycles. The first-order valence-corrected chi connectivity index (χ1v) is 11.1. The molecule has 8 heteroatoms. The average Bonchev–Trinajstić information content (AvgIpc) is 2.38. The topological polar surface area (TPSA) is 106 Å². The van der Waals surface area contributed by atoms with Crippen molar-refractivity contribution in [1.82, 2.24) is 4.72 Å². The van der Waals surface area contributed by atoms with E-state index in [2.05, 4.69) is 4.72 Å². The van der Waals surface area contributed by atoms with Gasteiger partial charge < -0.3 is 5.73 Å². The van der Waals surface area contributed by atoms with Crippen molar-refractivity contribution in [3.05, 3.63) is 23.3 Å². The number of nitrogens with two attached hydrogens (primary N) is 1. The molecule has 0 aliphatic carbocycles. The monoisotopic (exact) mass is 376 g/mol. The Kier molecular flexibility index (Phi) is 6.25. The van der Waals surface area contributed by atoms with Crippen LogP contribution < -0.4 is 10.5 Å². The van der Waals surface area contributed by atoms with Gasteiger partial charge in [-0.05, 0) is 56.4 Å². The predicted molar refractivity (Wildman–Crippen MR) is 96.3 cm³/mol. The van der Waals surface area contributed by atoms with Crippen molar-refractivity contribution in [3.63, 3.8) is 0 Å². The van der Waals surface area contributed by atoms with Crippen LogP contribution in [0, 0.1) is 19.8 Å². The lowest BCUT2D eigenvalue weighted by Crippen LogP contribution is -2.52. The molecule has 0 radical (unpaired) electrons. The van der Waals surface area contributed by atoms with E-state index >= 15 is 0 Å². The minimum atomic E-state index is -3.91. The normalized spacial score (nSPS) is 15.5. The molecule has 24 heavy (non-hydrogen) atoms. The summed E-state index contributed by atoms with van der Waals surface area (Å²) in [5, 5.41) is 0. The van der Waals surface area contributed by atoms with Gasteiger partial charge >= 0.3 is 0 Å². The Morgan fingerprint density at radius 2 is 1.62 bits per heavy atom. The first-order chi connectivity index (χ1) is 10.7. The summed E-state index contributed by atoms with van der Waals surface area (Å²) in [4.78, 5) is 0.00698. The molecule has 1 atom stereocenters. The fourth-order valence-electron chi connectivity index (χ4n) is 2.90. The first-order valence-electron chi connectivity index (χ1n) is 7.77. The zero-order valence-corrected chi connectivity index (χ0v) is 16.8. The molecular formula is C16H28N2O4S2. The van der Waals surface area contributed by atoms with Gasteiger partial charge in [0.25, 0.3) is 0 Å². The summed E-state index contributed by atoms with van der Waals surface area (Å²) in [7, 11) is -7.43. The zero-order valence-electron chi connectivity index (χ0n) is 15.2. The molecule has 0 bridgehead atoms. The zero-order chi connectivity index (χ0) is 18.9. The smallest absolute Gasteiger partial charge is 0.241 e. The number of sulfone groups is 1. The van der Waals surface area contributed by atoms with Crippen molar-refractivity contribution >= 4 is 19.9 Å². The molecule has 0 saturated carbocycles. The highest BCUT2D eigenvalue weighted by Gasteiger charge is 2.32. The molecule has 0 amide bonds. The van der Waals surface area contributed by atoms with Gasteiger partial charge in [-0.15, -0.1) is 0 Å². The summed E-state index contributed by atoms with van der Waals surface area (Å²) in [5.74, 6) is 0.256. The van der Waals surface area contributed by atoms with Gasteiger partial charge in [0.15, 0.2) is 9.84 Å². The third kappa shape index (κ3) is 5.02. The summed E-state index contributed by atoms with van der Waals surface area (Å²) in [6.07, 6.45) is 1.65. The van der Waals surface area contributed by atoms with E-state index in [-0.39, 0.29) is 27.8 Å². The van der Waals surface area contributed by atoms with Crippen LogP contribution in [0.3, 0.4) is 0 Å². The van der Waals surface area contributed by atoms with Gasteiger partial charge in [-0.25, -0.2) is 21.6 Å². The highest BCUT2D eigenvalue weighted by Crippen LogP contribution is 2.27. The maximum absolute atomic E-state index is 12.9. The van der Waals surface area contributed by atoms with E-state index in [1.807, 2.05) is 13.8 Å². The number of rotatable bonds is 7. The average molecular weight is 377 g/mol. The lowest BCUT2D eigenvalue weighted by atomic mass is 9.92. The molecule has 1 aromatic rings. The molecule has 1 unspecified atom stereocenters. The second-order valence-electron chi connectivity index (χ2n) is 7.13. The van der Waals surface area contributed by atoms with Gasteiger partial charge in [-0.3, -0.25) is 0 Å². The molecule has 1 rings (SSSR count). The number of nitrogens with one attached hydrogen (secondary N) is 1. The first kappa shape index (κ1) is 21.1. The molecule has 0 fully saturated rings. The largest absolute Gasteiger partial charge is 0.329 e. The van der Waals surface area contributed by atoms with E-state index in [0.29, 0.717) is 12.0 Å². The van der Waals surface area contributed by atoms with E-state index in [0.717, 1.165) is 6.26 Å². The highest BCUT2D eigenvalue weighted by molar-refractivity contribution is 7.91. The molecule has 0 spiro atoms. The van der Waals surface area contributed by atoms with Crippen LogP contribution in [0.5, 0.6) is 0 Å². The molecule has 0 aromatic heterocycles. The Morgan fingerprint density at radius 1 is 1.12 bits per heavy atom. The van der Waals surface area contributed by atoms with Crippen LogP contribution in [0.25, 0.3) is 0 Å². The van der Waals surface area contributed by atoms with E-state index in [9.17, 15) is 16.8 Å². The van der Waals surface area contributed by atoms with Crippen molar-refractivity contribution in [3.8, 4) is 0 Å². The number of aryl methyl sites for hydroxylation is 1. The SMILES string of the molecule is Cc1cc(S(C)(=O)=O)c(C)c(S(=O)(=O)NC(C)(CN)CC(C)C)c1. The number of hydrogen-bond donors (Lipinski definition) is 2. The highest BCUT2D eigenvalue weighted by atomic mass is 32.2. The van der Waals surface area contributed by atoms with Crippen LogP contribution in [0.1, 0.15) is 38.3 Å². The molecule has 0 aliphatic heterocycles. The quantitative estimate of drug-likeness (QED) is 0.754. The van der Waals surface area contributed by atoms with Crippen molar-refractivity contribution < 1.29 is 16.8 Å².